The van der Waals surface area contributed by atoms with Gasteiger partial charge in [0.15, 0.2) is 0 Å². The molecule has 140 valence electrons. The summed E-state index contributed by atoms with van der Waals surface area (Å²) in [5.74, 6) is 0.854. The zero-order chi connectivity index (χ0) is 19.1. The van der Waals surface area contributed by atoms with E-state index in [9.17, 15) is 0 Å². The minimum absolute atomic E-state index is 0.854. The highest BCUT2D eigenvalue weighted by Gasteiger charge is 2.20. The first kappa shape index (κ1) is 20.6. The third-order valence-corrected chi connectivity index (χ3v) is 6.21. The standard InChI is InChI=1S/C21H28N2OS2/c1-7-22-19-14-18(24-6)12-13-20(19)25-15(3)10-9-11-21-23(8-2)16(4)17(5)26-21/h9-14,22H,3,7-8H2,1-2,4-6H3. The molecular weight excluding hydrogens is 360 g/mol. The first-order chi connectivity index (χ1) is 12.5. The molecule has 0 fully saturated rings. The van der Waals surface area contributed by atoms with Crippen molar-refractivity contribution in [2.24, 2.45) is 0 Å². The second-order valence-electron chi connectivity index (χ2n) is 5.81. The van der Waals surface area contributed by atoms with Crippen LogP contribution in [0.1, 0.15) is 27.7 Å². The van der Waals surface area contributed by atoms with Gasteiger partial charge in [0.05, 0.1) is 17.8 Å². The number of hydrogen-bond donors (Lipinski definition) is 1. The van der Waals surface area contributed by atoms with Gasteiger partial charge in [0, 0.05) is 39.6 Å². The fraction of sp³-hybridized carbons (Fsp3) is 0.333. The van der Waals surface area contributed by atoms with Gasteiger partial charge in [0.2, 0.25) is 0 Å². The van der Waals surface area contributed by atoms with E-state index in [1.165, 1.54) is 15.6 Å². The van der Waals surface area contributed by atoms with Crippen LogP contribution in [-0.2, 0) is 0 Å². The third-order valence-electron chi connectivity index (χ3n) is 4.07. The van der Waals surface area contributed by atoms with Gasteiger partial charge >= 0.3 is 0 Å². The summed E-state index contributed by atoms with van der Waals surface area (Å²) in [6, 6.07) is 6.07. The summed E-state index contributed by atoms with van der Waals surface area (Å²) >= 11 is 3.49. The van der Waals surface area contributed by atoms with Crippen LogP contribution < -0.4 is 10.1 Å². The predicted molar refractivity (Wildman–Crippen MR) is 118 cm³/mol. The predicted octanol–water partition coefficient (Wildman–Crippen LogP) is 6.45. The average molecular weight is 389 g/mol. The molecule has 1 aliphatic heterocycles. The van der Waals surface area contributed by atoms with E-state index in [2.05, 4.69) is 68.8 Å². The van der Waals surface area contributed by atoms with Gasteiger partial charge in [-0.2, -0.15) is 0 Å². The number of rotatable bonds is 8. The van der Waals surface area contributed by atoms with Gasteiger partial charge in [-0.15, -0.1) is 0 Å². The maximum absolute atomic E-state index is 5.32. The number of hydrogen-bond acceptors (Lipinski definition) is 5. The molecule has 1 N–H and O–H groups in total. The number of allylic oxidation sites excluding steroid dienone is 5. The number of nitrogens with one attached hydrogen (secondary N) is 1. The molecule has 0 radical (unpaired) electrons. The zero-order valence-electron chi connectivity index (χ0n) is 16.3. The Kier molecular flexibility index (Phi) is 7.79. The lowest BCUT2D eigenvalue weighted by atomic mass is 10.3. The maximum atomic E-state index is 5.32. The summed E-state index contributed by atoms with van der Waals surface area (Å²) in [7, 11) is 1.69. The van der Waals surface area contributed by atoms with Crippen molar-refractivity contribution in [3.05, 3.63) is 63.5 Å². The molecule has 0 saturated heterocycles. The smallest absolute Gasteiger partial charge is 0.121 e. The van der Waals surface area contributed by atoms with Crippen LogP contribution in [0.3, 0.4) is 0 Å². The highest BCUT2D eigenvalue weighted by Crippen LogP contribution is 2.40. The number of anilines is 1. The highest BCUT2D eigenvalue weighted by atomic mass is 32.2. The third kappa shape index (κ3) is 5.15. The van der Waals surface area contributed by atoms with Gasteiger partial charge in [-0.25, -0.2) is 0 Å². The molecule has 0 unspecified atom stereocenters. The second kappa shape index (κ2) is 9.83. The van der Waals surface area contributed by atoms with E-state index in [1.807, 2.05) is 23.9 Å². The summed E-state index contributed by atoms with van der Waals surface area (Å²) < 4.78 is 5.32. The Labute approximate surface area is 166 Å². The normalized spacial score (nSPS) is 16.0. The number of benzene rings is 1. The fourth-order valence-corrected chi connectivity index (χ4v) is 4.53. The molecule has 1 heterocycles. The highest BCUT2D eigenvalue weighted by molar-refractivity contribution is 8.06. The van der Waals surface area contributed by atoms with Crippen LogP contribution in [0.5, 0.6) is 5.75 Å². The first-order valence-corrected chi connectivity index (χ1v) is 10.4. The minimum atomic E-state index is 0.854. The van der Waals surface area contributed by atoms with E-state index in [1.54, 1.807) is 18.9 Å². The molecular formula is C21H28N2OS2. The van der Waals surface area contributed by atoms with Gasteiger partial charge in [-0.05, 0) is 52.0 Å². The molecule has 0 spiro atoms. The lowest BCUT2D eigenvalue weighted by Gasteiger charge is -2.18. The van der Waals surface area contributed by atoms with Gasteiger partial charge in [0.1, 0.15) is 5.75 Å². The molecule has 3 nitrogen and oxygen atoms in total. The Hall–Kier alpha value is -1.72. The Morgan fingerprint density at radius 1 is 1.35 bits per heavy atom. The SMILES string of the molecule is C=C(C=CC=C1SC(C)=C(C)N1CC)Sc1ccc(OC)cc1NCC. The number of nitrogens with zero attached hydrogens (tertiary/aromatic N) is 1. The van der Waals surface area contributed by atoms with Crippen molar-refractivity contribution in [1.29, 1.82) is 0 Å². The molecule has 2 rings (SSSR count). The van der Waals surface area contributed by atoms with Crippen LogP contribution in [-0.4, -0.2) is 25.1 Å². The quantitative estimate of drug-likeness (QED) is 0.407. The van der Waals surface area contributed by atoms with Crippen LogP contribution in [0.25, 0.3) is 0 Å². The van der Waals surface area contributed by atoms with Crippen LogP contribution in [0, 0.1) is 0 Å². The van der Waals surface area contributed by atoms with Gasteiger partial charge < -0.3 is 15.0 Å². The van der Waals surface area contributed by atoms with Gasteiger partial charge in [0.25, 0.3) is 0 Å². The lowest BCUT2D eigenvalue weighted by Crippen LogP contribution is -2.14. The van der Waals surface area contributed by atoms with Crippen LogP contribution in [0.2, 0.25) is 0 Å². The topological polar surface area (TPSA) is 24.5 Å². The molecule has 0 amide bonds. The van der Waals surface area contributed by atoms with Crippen molar-refractivity contribution in [1.82, 2.24) is 4.90 Å². The van der Waals surface area contributed by atoms with Gasteiger partial charge in [-0.3, -0.25) is 0 Å². The summed E-state index contributed by atoms with van der Waals surface area (Å²) in [6.07, 6.45) is 6.32. The number of methoxy groups -OCH3 is 1. The van der Waals surface area contributed by atoms with Crippen LogP contribution in [0.4, 0.5) is 5.69 Å². The Morgan fingerprint density at radius 3 is 2.77 bits per heavy atom. The van der Waals surface area contributed by atoms with Crippen LogP contribution in [0.15, 0.2) is 68.4 Å². The molecule has 0 atom stereocenters. The molecule has 26 heavy (non-hydrogen) atoms. The van der Waals surface area contributed by atoms with E-state index in [4.69, 9.17) is 4.74 Å². The van der Waals surface area contributed by atoms with E-state index >= 15 is 0 Å². The lowest BCUT2D eigenvalue weighted by molar-refractivity contribution is 0.414. The van der Waals surface area contributed by atoms with Crippen LogP contribution >= 0.6 is 23.5 Å². The molecule has 1 aromatic rings. The van der Waals surface area contributed by atoms with E-state index in [0.29, 0.717) is 0 Å². The van der Waals surface area contributed by atoms with E-state index in [0.717, 1.165) is 34.3 Å². The van der Waals surface area contributed by atoms with E-state index in [-0.39, 0.29) is 0 Å². The summed E-state index contributed by atoms with van der Waals surface area (Å²) in [4.78, 5) is 5.85. The number of ether oxygens (including phenoxy) is 1. The molecule has 5 heteroatoms. The summed E-state index contributed by atoms with van der Waals surface area (Å²) in [5.41, 5.74) is 2.42. The van der Waals surface area contributed by atoms with E-state index < -0.39 is 0 Å². The molecule has 0 saturated carbocycles. The summed E-state index contributed by atoms with van der Waals surface area (Å²) in [5, 5.41) is 4.66. The molecule has 0 aliphatic carbocycles. The summed E-state index contributed by atoms with van der Waals surface area (Å²) in [6.45, 7) is 14.7. The Morgan fingerprint density at radius 2 is 2.12 bits per heavy atom. The fourth-order valence-electron chi connectivity index (χ4n) is 2.62. The Balaban J connectivity index is 2.05. The molecule has 1 aromatic carbocycles. The van der Waals surface area contributed by atoms with Crippen molar-refractivity contribution < 1.29 is 4.74 Å². The molecule has 0 bridgehead atoms. The largest absolute Gasteiger partial charge is 0.497 e. The average Bonchev–Trinajstić information content (AvgIpc) is 2.90. The molecule has 1 aliphatic rings. The van der Waals surface area contributed by atoms with Crippen molar-refractivity contribution in [3.63, 3.8) is 0 Å². The Bertz CT molecular complexity index is 750. The number of thioether (sulfide) groups is 2. The zero-order valence-corrected chi connectivity index (χ0v) is 17.9. The molecule has 0 aromatic heterocycles. The minimum Gasteiger partial charge on any atom is -0.497 e. The van der Waals surface area contributed by atoms with Crippen molar-refractivity contribution in [2.75, 3.05) is 25.5 Å². The maximum Gasteiger partial charge on any atom is 0.121 e. The monoisotopic (exact) mass is 388 g/mol. The first-order valence-electron chi connectivity index (χ1n) is 8.80. The van der Waals surface area contributed by atoms with Gasteiger partial charge in [-0.1, -0.05) is 36.2 Å². The van der Waals surface area contributed by atoms with Crippen molar-refractivity contribution >= 4 is 29.2 Å². The second-order valence-corrected chi connectivity index (χ2v) is 8.22. The van der Waals surface area contributed by atoms with Crippen molar-refractivity contribution in [2.45, 2.75) is 32.6 Å². The van der Waals surface area contributed by atoms with Crippen molar-refractivity contribution in [3.8, 4) is 5.75 Å².